The van der Waals surface area contributed by atoms with E-state index >= 15 is 0 Å². The molecule has 1 aliphatic rings. The molecule has 0 radical (unpaired) electrons. The van der Waals surface area contributed by atoms with Gasteiger partial charge in [-0.25, -0.2) is 4.39 Å². The van der Waals surface area contributed by atoms with Gasteiger partial charge in [0, 0.05) is 13.1 Å². The molecule has 2 N–H and O–H groups in total. The zero-order valence-electron chi connectivity index (χ0n) is 13.6. The summed E-state index contributed by atoms with van der Waals surface area (Å²) in [5.74, 6) is -0.579. The van der Waals surface area contributed by atoms with Crippen molar-refractivity contribution in [3.8, 4) is 5.75 Å². The topological polar surface area (TPSA) is 96.0 Å². The van der Waals surface area contributed by atoms with E-state index in [-0.39, 0.29) is 23.8 Å². The molecule has 1 aromatic carbocycles. The lowest BCUT2D eigenvalue weighted by molar-refractivity contribution is 0.00632. The summed E-state index contributed by atoms with van der Waals surface area (Å²) in [7, 11) is 1.54. The number of para-hydroxylation sites is 1. The van der Waals surface area contributed by atoms with E-state index in [1.807, 2.05) is 0 Å². The van der Waals surface area contributed by atoms with Gasteiger partial charge in [-0.15, -0.1) is 0 Å². The lowest BCUT2D eigenvalue weighted by Gasteiger charge is -2.26. The SMILES string of the molecule is CN(C(=O)c1cc(COc2ccccc2F)on1)[C@@H]1CC[C@@H](O)[C@@H]1O. The second-order valence-corrected chi connectivity index (χ2v) is 6.02. The number of likely N-dealkylation sites (N-methyl/N-ethyl adjacent to an activating group) is 1. The van der Waals surface area contributed by atoms with Crippen LogP contribution in [0.2, 0.25) is 0 Å². The largest absolute Gasteiger partial charge is 0.482 e. The summed E-state index contributed by atoms with van der Waals surface area (Å²) < 4.78 is 23.8. The Morgan fingerprint density at radius 1 is 1.40 bits per heavy atom. The van der Waals surface area contributed by atoms with Crippen LogP contribution in [0.5, 0.6) is 5.75 Å². The molecule has 134 valence electrons. The normalized spacial score (nSPS) is 22.8. The van der Waals surface area contributed by atoms with Crippen molar-refractivity contribution in [2.75, 3.05) is 7.05 Å². The van der Waals surface area contributed by atoms with Crippen LogP contribution in [-0.4, -0.2) is 51.5 Å². The molecule has 1 aromatic heterocycles. The smallest absolute Gasteiger partial charge is 0.276 e. The molecule has 25 heavy (non-hydrogen) atoms. The molecule has 7 nitrogen and oxygen atoms in total. The van der Waals surface area contributed by atoms with E-state index in [4.69, 9.17) is 9.26 Å². The maximum Gasteiger partial charge on any atom is 0.276 e. The molecule has 0 saturated heterocycles. The number of amides is 1. The van der Waals surface area contributed by atoms with Crippen molar-refractivity contribution < 1.29 is 28.7 Å². The molecule has 1 aliphatic carbocycles. The van der Waals surface area contributed by atoms with Gasteiger partial charge in [-0.2, -0.15) is 0 Å². The van der Waals surface area contributed by atoms with Crippen LogP contribution >= 0.6 is 0 Å². The Balaban J connectivity index is 1.63. The third kappa shape index (κ3) is 3.64. The Labute approximate surface area is 143 Å². The Morgan fingerprint density at radius 2 is 2.16 bits per heavy atom. The Hall–Kier alpha value is -2.45. The summed E-state index contributed by atoms with van der Waals surface area (Å²) in [6, 6.07) is 6.90. The van der Waals surface area contributed by atoms with Crippen LogP contribution in [0.3, 0.4) is 0 Å². The summed E-state index contributed by atoms with van der Waals surface area (Å²) >= 11 is 0. The maximum atomic E-state index is 13.5. The molecule has 1 fully saturated rings. The molecule has 0 bridgehead atoms. The van der Waals surface area contributed by atoms with Gasteiger partial charge in [0.25, 0.3) is 5.91 Å². The van der Waals surface area contributed by atoms with Crippen LogP contribution in [-0.2, 0) is 6.61 Å². The van der Waals surface area contributed by atoms with Gasteiger partial charge in [-0.05, 0) is 25.0 Å². The molecule has 8 heteroatoms. The first-order chi connectivity index (χ1) is 12.0. The van der Waals surface area contributed by atoms with E-state index < -0.39 is 30.0 Å². The summed E-state index contributed by atoms with van der Waals surface area (Å²) in [6.45, 7) is -0.0737. The molecular weight excluding hydrogens is 331 g/mol. The lowest BCUT2D eigenvalue weighted by atomic mass is 10.1. The number of rotatable bonds is 5. The van der Waals surface area contributed by atoms with E-state index in [9.17, 15) is 19.4 Å². The van der Waals surface area contributed by atoms with Crippen molar-refractivity contribution in [2.24, 2.45) is 0 Å². The van der Waals surface area contributed by atoms with Crippen molar-refractivity contribution in [3.05, 3.63) is 47.6 Å². The standard InChI is InChI=1S/C17H19FN2O5/c1-20(13-6-7-14(21)16(13)22)17(23)12-8-10(25-19-12)9-24-15-5-3-2-4-11(15)18/h2-5,8,13-14,16,21-22H,6-7,9H2,1H3/t13-,14-,16-/m1/s1. The number of hydrogen-bond donors (Lipinski definition) is 2. The first-order valence-corrected chi connectivity index (χ1v) is 7.93. The monoisotopic (exact) mass is 350 g/mol. The minimum atomic E-state index is -0.982. The number of halogens is 1. The van der Waals surface area contributed by atoms with Gasteiger partial charge in [0.15, 0.2) is 23.0 Å². The third-order valence-corrected chi connectivity index (χ3v) is 4.35. The average Bonchev–Trinajstić information content (AvgIpc) is 3.21. The molecule has 0 spiro atoms. The molecule has 0 unspecified atom stereocenters. The van der Waals surface area contributed by atoms with E-state index in [2.05, 4.69) is 5.16 Å². The molecular formula is C17H19FN2O5. The lowest BCUT2D eigenvalue weighted by Crippen LogP contribution is -2.44. The summed E-state index contributed by atoms with van der Waals surface area (Å²) in [5.41, 5.74) is 0.0585. The quantitative estimate of drug-likeness (QED) is 0.845. The Bertz CT molecular complexity index is 750. The van der Waals surface area contributed by atoms with Gasteiger partial charge < -0.3 is 24.4 Å². The van der Waals surface area contributed by atoms with Gasteiger partial charge >= 0.3 is 0 Å². The van der Waals surface area contributed by atoms with Crippen LogP contribution < -0.4 is 4.74 Å². The Kier molecular flexibility index (Phi) is 5.00. The van der Waals surface area contributed by atoms with Gasteiger partial charge in [-0.3, -0.25) is 4.79 Å². The van der Waals surface area contributed by atoms with E-state index in [1.54, 1.807) is 19.2 Å². The number of aromatic nitrogens is 1. The summed E-state index contributed by atoms with van der Waals surface area (Å²) in [4.78, 5) is 13.8. The number of aliphatic hydroxyl groups is 2. The third-order valence-electron chi connectivity index (χ3n) is 4.35. The first-order valence-electron chi connectivity index (χ1n) is 7.93. The van der Waals surface area contributed by atoms with Gasteiger partial charge in [0.05, 0.1) is 12.1 Å². The number of nitrogens with zero attached hydrogens (tertiary/aromatic N) is 2. The molecule has 1 heterocycles. The minimum absolute atomic E-state index is 0.0585. The highest BCUT2D eigenvalue weighted by Gasteiger charge is 2.38. The van der Waals surface area contributed by atoms with Crippen molar-refractivity contribution in [2.45, 2.75) is 37.7 Å². The molecule has 3 atom stereocenters. The summed E-state index contributed by atoms with van der Waals surface area (Å²) in [5, 5.41) is 23.2. The predicted molar refractivity (Wildman–Crippen MR) is 84.4 cm³/mol. The fourth-order valence-corrected chi connectivity index (χ4v) is 2.89. The maximum absolute atomic E-state index is 13.5. The predicted octanol–water partition coefficient (Wildman–Crippen LogP) is 1.35. The molecule has 1 saturated carbocycles. The van der Waals surface area contributed by atoms with Crippen molar-refractivity contribution >= 4 is 5.91 Å². The van der Waals surface area contributed by atoms with Crippen LogP contribution in [0.25, 0.3) is 0 Å². The fraction of sp³-hybridized carbons (Fsp3) is 0.412. The Morgan fingerprint density at radius 3 is 2.84 bits per heavy atom. The molecule has 1 amide bonds. The zero-order valence-corrected chi connectivity index (χ0v) is 13.6. The second-order valence-electron chi connectivity index (χ2n) is 6.02. The number of ether oxygens (including phenoxy) is 1. The zero-order chi connectivity index (χ0) is 18.0. The molecule has 2 aromatic rings. The van der Waals surface area contributed by atoms with Gasteiger partial charge in [-0.1, -0.05) is 17.3 Å². The van der Waals surface area contributed by atoms with Gasteiger partial charge in [0.1, 0.15) is 12.7 Å². The second kappa shape index (κ2) is 7.20. The van der Waals surface area contributed by atoms with Crippen LogP contribution in [0.15, 0.2) is 34.9 Å². The van der Waals surface area contributed by atoms with Crippen LogP contribution in [0, 0.1) is 5.82 Å². The van der Waals surface area contributed by atoms with E-state index in [0.29, 0.717) is 12.8 Å². The molecule has 3 rings (SSSR count). The van der Waals surface area contributed by atoms with Crippen LogP contribution in [0.4, 0.5) is 4.39 Å². The first kappa shape index (κ1) is 17.4. The summed E-state index contributed by atoms with van der Waals surface area (Å²) in [6.07, 6.45) is -0.873. The van der Waals surface area contributed by atoms with Crippen molar-refractivity contribution in [1.82, 2.24) is 10.1 Å². The fourth-order valence-electron chi connectivity index (χ4n) is 2.89. The van der Waals surface area contributed by atoms with E-state index in [0.717, 1.165) is 0 Å². The number of aliphatic hydroxyl groups excluding tert-OH is 2. The van der Waals surface area contributed by atoms with E-state index in [1.165, 1.54) is 23.1 Å². The average molecular weight is 350 g/mol. The highest BCUT2D eigenvalue weighted by Crippen LogP contribution is 2.25. The number of hydrogen-bond acceptors (Lipinski definition) is 6. The van der Waals surface area contributed by atoms with Crippen LogP contribution in [0.1, 0.15) is 29.1 Å². The highest BCUT2D eigenvalue weighted by atomic mass is 19.1. The number of carbonyl (C=O) groups excluding carboxylic acids is 1. The minimum Gasteiger partial charge on any atom is -0.482 e. The number of benzene rings is 1. The highest BCUT2D eigenvalue weighted by molar-refractivity contribution is 5.92. The van der Waals surface area contributed by atoms with Gasteiger partial charge in [0.2, 0.25) is 0 Å². The number of carbonyl (C=O) groups is 1. The van der Waals surface area contributed by atoms with Crippen molar-refractivity contribution in [3.63, 3.8) is 0 Å². The van der Waals surface area contributed by atoms with Crippen molar-refractivity contribution in [1.29, 1.82) is 0 Å². The molecule has 0 aliphatic heterocycles.